The Morgan fingerprint density at radius 1 is 1.11 bits per heavy atom. The van der Waals surface area contributed by atoms with Crippen LogP contribution in [0.25, 0.3) is 0 Å². The SMILES string of the molecule is C/C(=N\NC(=O)C[NH+]1CC[NH+](Cc2ccccc2Cl)CC1)c1ccncc1. The van der Waals surface area contributed by atoms with Crippen LogP contribution < -0.4 is 15.2 Å². The number of benzene rings is 1. The van der Waals surface area contributed by atoms with E-state index in [9.17, 15) is 4.79 Å². The van der Waals surface area contributed by atoms with E-state index >= 15 is 0 Å². The maximum Gasteiger partial charge on any atom is 0.295 e. The lowest BCUT2D eigenvalue weighted by Gasteiger charge is -2.29. The van der Waals surface area contributed by atoms with Gasteiger partial charge in [0.1, 0.15) is 32.7 Å². The van der Waals surface area contributed by atoms with E-state index in [1.807, 2.05) is 37.3 Å². The molecule has 0 spiro atoms. The van der Waals surface area contributed by atoms with E-state index in [1.165, 1.54) is 15.4 Å². The summed E-state index contributed by atoms with van der Waals surface area (Å²) >= 11 is 6.26. The highest BCUT2D eigenvalue weighted by Crippen LogP contribution is 2.13. The molecule has 3 rings (SSSR count). The minimum atomic E-state index is -0.0482. The van der Waals surface area contributed by atoms with Gasteiger partial charge in [0, 0.05) is 28.5 Å². The fourth-order valence-corrected chi connectivity index (χ4v) is 3.49. The van der Waals surface area contributed by atoms with Crippen LogP contribution in [-0.4, -0.2) is 49.3 Å². The van der Waals surface area contributed by atoms with Crippen molar-refractivity contribution in [1.82, 2.24) is 10.4 Å². The van der Waals surface area contributed by atoms with Crippen LogP contribution in [0.4, 0.5) is 0 Å². The molecule has 0 atom stereocenters. The van der Waals surface area contributed by atoms with Crippen LogP contribution in [0.5, 0.6) is 0 Å². The van der Waals surface area contributed by atoms with E-state index in [0.29, 0.717) is 6.54 Å². The number of carbonyl (C=O) groups is 1. The van der Waals surface area contributed by atoms with Crippen molar-refractivity contribution in [3.63, 3.8) is 0 Å². The minimum Gasteiger partial charge on any atom is -0.322 e. The molecule has 3 N–H and O–H groups in total. The number of hydrogen-bond acceptors (Lipinski definition) is 3. The third kappa shape index (κ3) is 5.85. The zero-order chi connectivity index (χ0) is 19.1. The normalized spacial score (nSPS) is 20.3. The maximum atomic E-state index is 12.2. The quantitative estimate of drug-likeness (QED) is 0.465. The molecule has 1 aliphatic heterocycles. The molecule has 2 aromatic rings. The Balaban J connectivity index is 1.42. The summed E-state index contributed by atoms with van der Waals surface area (Å²) in [5.41, 5.74) is 5.59. The van der Waals surface area contributed by atoms with Crippen molar-refractivity contribution in [3.05, 3.63) is 64.9 Å². The number of quaternary nitrogens is 2. The molecule has 1 aromatic carbocycles. The molecule has 6 nitrogen and oxygen atoms in total. The predicted molar refractivity (Wildman–Crippen MR) is 106 cm³/mol. The first-order valence-corrected chi connectivity index (χ1v) is 9.63. The van der Waals surface area contributed by atoms with Crippen molar-refractivity contribution in [2.24, 2.45) is 5.10 Å². The van der Waals surface area contributed by atoms with Crippen molar-refractivity contribution in [2.45, 2.75) is 13.5 Å². The summed E-state index contributed by atoms with van der Waals surface area (Å²) in [7, 11) is 0. The van der Waals surface area contributed by atoms with Crippen LogP contribution in [0.15, 0.2) is 53.9 Å². The average molecular weight is 388 g/mol. The highest BCUT2D eigenvalue weighted by Gasteiger charge is 2.25. The molecule has 27 heavy (non-hydrogen) atoms. The number of hydrogen-bond donors (Lipinski definition) is 3. The van der Waals surface area contributed by atoms with Crippen molar-refractivity contribution < 1.29 is 14.6 Å². The largest absolute Gasteiger partial charge is 0.322 e. The number of halogens is 1. The van der Waals surface area contributed by atoms with Crippen LogP contribution in [0.2, 0.25) is 5.02 Å². The minimum absolute atomic E-state index is 0.0482. The van der Waals surface area contributed by atoms with Gasteiger partial charge in [0.15, 0.2) is 6.54 Å². The van der Waals surface area contributed by atoms with E-state index < -0.39 is 0 Å². The van der Waals surface area contributed by atoms with E-state index in [4.69, 9.17) is 11.6 Å². The van der Waals surface area contributed by atoms with Gasteiger partial charge in [-0.2, -0.15) is 5.10 Å². The number of amides is 1. The van der Waals surface area contributed by atoms with Gasteiger partial charge >= 0.3 is 0 Å². The van der Waals surface area contributed by atoms with Crippen molar-refractivity contribution in [1.29, 1.82) is 0 Å². The number of nitrogens with zero attached hydrogens (tertiary/aromatic N) is 2. The lowest BCUT2D eigenvalue weighted by molar-refractivity contribution is -1.02. The number of aromatic nitrogens is 1. The predicted octanol–water partition coefficient (Wildman–Crippen LogP) is -0.441. The second-order valence-electron chi connectivity index (χ2n) is 6.91. The van der Waals surface area contributed by atoms with Gasteiger partial charge in [-0.25, -0.2) is 5.43 Å². The summed E-state index contributed by atoms with van der Waals surface area (Å²) in [6.07, 6.45) is 3.43. The summed E-state index contributed by atoms with van der Waals surface area (Å²) in [6.45, 7) is 7.28. The Hall–Kier alpha value is -2.28. The van der Waals surface area contributed by atoms with Crippen LogP contribution in [0.3, 0.4) is 0 Å². The average Bonchev–Trinajstić information content (AvgIpc) is 2.70. The van der Waals surface area contributed by atoms with E-state index in [-0.39, 0.29) is 5.91 Å². The van der Waals surface area contributed by atoms with Gasteiger partial charge in [0.05, 0.1) is 5.71 Å². The summed E-state index contributed by atoms with van der Waals surface area (Å²) in [5, 5.41) is 5.03. The Bertz CT molecular complexity index is 788. The molecule has 2 heterocycles. The summed E-state index contributed by atoms with van der Waals surface area (Å²) in [4.78, 5) is 19.0. The second kappa shape index (κ2) is 9.60. The number of hydrazone groups is 1. The molecule has 1 aromatic heterocycles. The van der Waals surface area contributed by atoms with Crippen LogP contribution >= 0.6 is 11.6 Å². The fourth-order valence-electron chi connectivity index (χ4n) is 3.29. The van der Waals surface area contributed by atoms with Crippen molar-refractivity contribution >= 4 is 23.2 Å². The molecule has 1 amide bonds. The molecular weight excluding hydrogens is 362 g/mol. The highest BCUT2D eigenvalue weighted by atomic mass is 35.5. The van der Waals surface area contributed by atoms with Crippen LogP contribution in [0.1, 0.15) is 18.1 Å². The fraction of sp³-hybridized carbons (Fsp3) is 0.350. The molecule has 0 saturated carbocycles. The van der Waals surface area contributed by atoms with Gasteiger partial charge < -0.3 is 9.80 Å². The maximum absolute atomic E-state index is 12.2. The second-order valence-corrected chi connectivity index (χ2v) is 7.32. The smallest absolute Gasteiger partial charge is 0.295 e. The Labute approximate surface area is 164 Å². The first kappa shape index (κ1) is 19.5. The highest BCUT2D eigenvalue weighted by molar-refractivity contribution is 6.31. The van der Waals surface area contributed by atoms with Gasteiger partial charge in [-0.3, -0.25) is 9.78 Å². The standard InChI is InChI=1S/C20H24ClN5O/c1-16(17-6-8-22-9-7-17)23-24-20(27)15-26-12-10-25(11-13-26)14-18-4-2-3-5-19(18)21/h2-9H,10-15H2,1H3,(H,24,27)/p+2/b23-16+. The van der Waals surface area contributed by atoms with E-state index in [0.717, 1.165) is 49.0 Å². The first-order valence-electron chi connectivity index (χ1n) is 9.26. The lowest BCUT2D eigenvalue weighted by atomic mass is 10.2. The first-order chi connectivity index (χ1) is 13.1. The molecule has 0 bridgehead atoms. The Morgan fingerprint density at radius 2 is 1.78 bits per heavy atom. The third-order valence-electron chi connectivity index (χ3n) is 4.92. The van der Waals surface area contributed by atoms with Crippen molar-refractivity contribution in [2.75, 3.05) is 32.7 Å². The molecular formula is C20H26ClN5O+2. The van der Waals surface area contributed by atoms with Gasteiger partial charge in [0.25, 0.3) is 5.91 Å². The summed E-state index contributed by atoms with van der Waals surface area (Å²) < 4.78 is 0. The number of carbonyl (C=O) groups excluding carboxylic acids is 1. The van der Waals surface area contributed by atoms with Crippen molar-refractivity contribution in [3.8, 4) is 0 Å². The van der Waals surface area contributed by atoms with Crippen LogP contribution in [0, 0.1) is 0 Å². The van der Waals surface area contributed by atoms with Gasteiger partial charge in [-0.15, -0.1) is 0 Å². The third-order valence-corrected chi connectivity index (χ3v) is 5.29. The van der Waals surface area contributed by atoms with Gasteiger partial charge in [0.2, 0.25) is 0 Å². The molecule has 0 radical (unpaired) electrons. The van der Waals surface area contributed by atoms with Gasteiger partial charge in [-0.1, -0.05) is 29.8 Å². The molecule has 1 saturated heterocycles. The molecule has 142 valence electrons. The molecule has 7 heteroatoms. The van der Waals surface area contributed by atoms with Gasteiger partial charge in [-0.05, 0) is 25.1 Å². The number of rotatable bonds is 6. The Morgan fingerprint density at radius 3 is 2.48 bits per heavy atom. The monoisotopic (exact) mass is 387 g/mol. The molecule has 1 aliphatic rings. The van der Waals surface area contributed by atoms with E-state index in [2.05, 4.69) is 21.6 Å². The zero-order valence-electron chi connectivity index (χ0n) is 15.5. The summed E-state index contributed by atoms with van der Waals surface area (Å²) in [5.74, 6) is -0.0482. The molecule has 1 fully saturated rings. The number of piperazine rings is 1. The zero-order valence-corrected chi connectivity index (χ0v) is 16.3. The van der Waals surface area contributed by atoms with Crippen LogP contribution in [-0.2, 0) is 11.3 Å². The lowest BCUT2D eigenvalue weighted by Crippen LogP contribution is -3.28. The molecule has 0 aliphatic carbocycles. The van der Waals surface area contributed by atoms with E-state index in [1.54, 1.807) is 12.4 Å². The topological polar surface area (TPSA) is 63.2 Å². The number of nitrogens with one attached hydrogen (secondary N) is 3. The number of pyridine rings is 1. The Kier molecular flexibility index (Phi) is 6.92. The summed E-state index contributed by atoms with van der Waals surface area (Å²) in [6, 6.07) is 11.8. The molecule has 0 unspecified atom stereocenters.